The molecule has 134 valence electrons. The molecule has 0 radical (unpaired) electrons. The van der Waals surface area contributed by atoms with Crippen LogP contribution in [0, 0.1) is 17.1 Å². The lowest BCUT2D eigenvalue weighted by Gasteiger charge is -2.35. The number of nitrogens with zero attached hydrogens (tertiary/aromatic N) is 2. The van der Waals surface area contributed by atoms with Gasteiger partial charge in [0.25, 0.3) is 0 Å². The van der Waals surface area contributed by atoms with Crippen LogP contribution in [0.1, 0.15) is 42.7 Å². The fraction of sp³-hybridized carbons (Fsp3) is 0.409. The van der Waals surface area contributed by atoms with E-state index in [2.05, 4.69) is 28.4 Å². The van der Waals surface area contributed by atoms with Crippen molar-refractivity contribution in [3.8, 4) is 17.2 Å². The van der Waals surface area contributed by atoms with E-state index in [1.807, 2.05) is 19.2 Å². The minimum Gasteiger partial charge on any atom is -0.371 e. The molecular weight excluding hydrogens is 325 g/mol. The Labute approximate surface area is 154 Å². The molecule has 0 unspecified atom stereocenters. The Balaban J connectivity index is 1.73. The molecular formula is C22H24FN3. The quantitative estimate of drug-likeness (QED) is 0.887. The zero-order valence-electron chi connectivity index (χ0n) is 15.1. The first-order chi connectivity index (χ1) is 12.7. The number of nitrogens with one attached hydrogen (secondary N) is 1. The summed E-state index contributed by atoms with van der Waals surface area (Å²) in [6.45, 7) is 2.10. The summed E-state index contributed by atoms with van der Waals surface area (Å²) in [6, 6.07) is 13.9. The first-order valence-electron chi connectivity index (χ1n) is 9.46. The molecule has 0 atom stereocenters. The molecule has 0 spiro atoms. The van der Waals surface area contributed by atoms with Crippen LogP contribution in [0.15, 0.2) is 36.4 Å². The lowest BCUT2D eigenvalue weighted by molar-refractivity contribution is 0.442. The lowest BCUT2D eigenvalue weighted by atomic mass is 9.93. The van der Waals surface area contributed by atoms with Crippen molar-refractivity contribution in [1.82, 2.24) is 5.32 Å². The maximum Gasteiger partial charge on any atom is 0.141 e. The fourth-order valence-electron chi connectivity index (χ4n) is 4.06. The number of nitriles is 1. The highest BCUT2D eigenvalue weighted by Gasteiger charge is 2.31. The molecule has 2 aliphatic rings. The number of halogens is 1. The van der Waals surface area contributed by atoms with Gasteiger partial charge in [0.05, 0.1) is 5.56 Å². The number of rotatable bonds is 4. The van der Waals surface area contributed by atoms with Crippen LogP contribution in [-0.2, 0) is 0 Å². The van der Waals surface area contributed by atoms with Gasteiger partial charge >= 0.3 is 0 Å². The first kappa shape index (κ1) is 17.1. The Bertz CT molecular complexity index is 843. The van der Waals surface area contributed by atoms with E-state index in [1.165, 1.54) is 30.2 Å². The molecule has 1 N–H and O–H groups in total. The third-order valence-corrected chi connectivity index (χ3v) is 5.71. The molecule has 0 bridgehead atoms. The number of piperidine rings is 1. The Morgan fingerprint density at radius 2 is 1.88 bits per heavy atom. The maximum absolute atomic E-state index is 14.2. The average Bonchev–Trinajstić information content (AvgIpc) is 3.52. The van der Waals surface area contributed by atoms with Gasteiger partial charge in [0.2, 0.25) is 0 Å². The largest absolute Gasteiger partial charge is 0.371 e. The zero-order valence-corrected chi connectivity index (χ0v) is 15.1. The van der Waals surface area contributed by atoms with Crippen LogP contribution in [0.4, 0.5) is 10.1 Å². The monoisotopic (exact) mass is 349 g/mol. The highest BCUT2D eigenvalue weighted by molar-refractivity contribution is 5.76. The summed E-state index contributed by atoms with van der Waals surface area (Å²) in [5.74, 6) is 0.133. The molecule has 1 aliphatic heterocycles. The molecule has 2 aromatic rings. The molecule has 1 saturated carbocycles. The fourth-order valence-corrected chi connectivity index (χ4v) is 4.06. The van der Waals surface area contributed by atoms with E-state index in [1.54, 1.807) is 6.07 Å². The van der Waals surface area contributed by atoms with Crippen LogP contribution in [0.2, 0.25) is 0 Å². The summed E-state index contributed by atoms with van der Waals surface area (Å²) in [5, 5.41) is 12.4. The van der Waals surface area contributed by atoms with E-state index in [9.17, 15) is 4.39 Å². The minimum atomic E-state index is -0.438. The molecule has 1 saturated heterocycles. The van der Waals surface area contributed by atoms with E-state index in [0.29, 0.717) is 12.0 Å². The second-order valence-electron chi connectivity index (χ2n) is 7.37. The van der Waals surface area contributed by atoms with E-state index in [-0.39, 0.29) is 5.56 Å². The van der Waals surface area contributed by atoms with Gasteiger partial charge in [-0.2, -0.15) is 5.26 Å². The number of hydrogen-bond donors (Lipinski definition) is 1. The molecule has 2 fully saturated rings. The highest BCUT2D eigenvalue weighted by atomic mass is 19.1. The maximum atomic E-state index is 14.2. The molecule has 0 amide bonds. The molecule has 4 heteroatoms. The summed E-state index contributed by atoms with van der Waals surface area (Å²) in [4.78, 5) is 2.49. The predicted molar refractivity (Wildman–Crippen MR) is 103 cm³/mol. The van der Waals surface area contributed by atoms with Crippen molar-refractivity contribution in [3.63, 3.8) is 0 Å². The summed E-state index contributed by atoms with van der Waals surface area (Å²) in [5.41, 5.74) is 4.76. The van der Waals surface area contributed by atoms with Crippen LogP contribution >= 0.6 is 0 Å². The van der Waals surface area contributed by atoms with Gasteiger partial charge in [-0.1, -0.05) is 18.2 Å². The topological polar surface area (TPSA) is 39.1 Å². The second kappa shape index (κ2) is 7.09. The third kappa shape index (κ3) is 3.20. The first-order valence-corrected chi connectivity index (χ1v) is 9.46. The summed E-state index contributed by atoms with van der Waals surface area (Å²) in [6.07, 6.45) is 4.71. The standard InChI is InChI=1S/C22H24FN3/c1-25-18-9-11-26(12-10-18)21-4-2-3-19(22(21)15-5-6-15)16-7-8-17(14-24)20(23)13-16/h2-4,7-8,13,15,18,25H,5-6,9-12H2,1H3. The van der Waals surface area contributed by atoms with Crippen LogP contribution in [0.3, 0.4) is 0 Å². The van der Waals surface area contributed by atoms with Crippen molar-refractivity contribution >= 4 is 5.69 Å². The third-order valence-electron chi connectivity index (χ3n) is 5.71. The van der Waals surface area contributed by atoms with Gasteiger partial charge in [-0.3, -0.25) is 0 Å². The Morgan fingerprint density at radius 3 is 2.50 bits per heavy atom. The van der Waals surface area contributed by atoms with Gasteiger partial charge < -0.3 is 10.2 Å². The van der Waals surface area contributed by atoms with Crippen molar-refractivity contribution in [3.05, 3.63) is 53.3 Å². The Kier molecular flexibility index (Phi) is 4.65. The zero-order chi connectivity index (χ0) is 18.1. The van der Waals surface area contributed by atoms with E-state index < -0.39 is 5.82 Å². The Hall–Kier alpha value is -2.38. The normalized spacial score (nSPS) is 18.0. The molecule has 0 aromatic heterocycles. The van der Waals surface area contributed by atoms with Crippen molar-refractivity contribution in [1.29, 1.82) is 5.26 Å². The average molecular weight is 349 g/mol. The molecule has 26 heavy (non-hydrogen) atoms. The van der Waals surface area contributed by atoms with Crippen LogP contribution in [0.25, 0.3) is 11.1 Å². The van der Waals surface area contributed by atoms with E-state index in [0.717, 1.165) is 37.1 Å². The number of anilines is 1. The van der Waals surface area contributed by atoms with Gasteiger partial charge in [-0.15, -0.1) is 0 Å². The number of benzene rings is 2. The number of hydrogen-bond acceptors (Lipinski definition) is 3. The highest BCUT2D eigenvalue weighted by Crippen LogP contribution is 2.49. The Morgan fingerprint density at radius 1 is 1.12 bits per heavy atom. The second-order valence-corrected chi connectivity index (χ2v) is 7.37. The molecule has 4 rings (SSSR count). The van der Waals surface area contributed by atoms with Crippen LogP contribution in [-0.4, -0.2) is 26.2 Å². The smallest absolute Gasteiger partial charge is 0.141 e. The summed E-state index contributed by atoms with van der Waals surface area (Å²) in [7, 11) is 2.04. The van der Waals surface area contributed by atoms with Gasteiger partial charge in [-0.05, 0) is 73.5 Å². The summed E-state index contributed by atoms with van der Waals surface area (Å²) >= 11 is 0. The minimum absolute atomic E-state index is 0.104. The van der Waals surface area contributed by atoms with Crippen molar-refractivity contribution in [2.45, 2.75) is 37.6 Å². The SMILES string of the molecule is CNC1CCN(c2cccc(-c3ccc(C#N)c(F)c3)c2C2CC2)CC1. The van der Waals surface area contributed by atoms with Crippen LogP contribution < -0.4 is 10.2 Å². The molecule has 3 nitrogen and oxygen atoms in total. The van der Waals surface area contributed by atoms with Crippen molar-refractivity contribution in [2.75, 3.05) is 25.0 Å². The predicted octanol–water partition coefficient (Wildman–Crippen LogP) is 4.43. The molecule has 2 aromatic carbocycles. The van der Waals surface area contributed by atoms with Crippen LogP contribution in [0.5, 0.6) is 0 Å². The lowest BCUT2D eigenvalue weighted by Crippen LogP contribution is -2.41. The van der Waals surface area contributed by atoms with Gasteiger partial charge in [0.15, 0.2) is 0 Å². The van der Waals surface area contributed by atoms with E-state index >= 15 is 0 Å². The van der Waals surface area contributed by atoms with Crippen molar-refractivity contribution in [2.24, 2.45) is 0 Å². The summed E-state index contributed by atoms with van der Waals surface area (Å²) < 4.78 is 14.2. The van der Waals surface area contributed by atoms with Gasteiger partial charge in [0.1, 0.15) is 11.9 Å². The van der Waals surface area contributed by atoms with E-state index in [4.69, 9.17) is 5.26 Å². The van der Waals surface area contributed by atoms with Gasteiger partial charge in [0, 0.05) is 24.8 Å². The molecule has 1 aliphatic carbocycles. The van der Waals surface area contributed by atoms with Crippen molar-refractivity contribution < 1.29 is 4.39 Å². The molecule has 1 heterocycles. The van der Waals surface area contributed by atoms with Gasteiger partial charge in [-0.25, -0.2) is 4.39 Å².